The molecule has 2 N–H and O–H groups in total. The molecule has 0 saturated heterocycles. The van der Waals surface area contributed by atoms with E-state index in [-0.39, 0.29) is 0 Å². The second-order valence-corrected chi connectivity index (χ2v) is 6.48. The Morgan fingerprint density at radius 1 is 1.15 bits per heavy atom. The fourth-order valence-electron chi connectivity index (χ4n) is 2.25. The van der Waals surface area contributed by atoms with Crippen molar-refractivity contribution in [3.05, 3.63) is 58.1 Å². The maximum Gasteiger partial charge on any atom is 0.279 e. The van der Waals surface area contributed by atoms with Gasteiger partial charge >= 0.3 is 0 Å². The van der Waals surface area contributed by atoms with Crippen LogP contribution in [-0.2, 0) is 4.79 Å². The molecular weight excluding hydrogens is 400 g/mol. The van der Waals surface area contributed by atoms with Crippen LogP contribution in [0.4, 0.5) is 0 Å². The maximum absolute atomic E-state index is 12.3. The second-order valence-electron chi connectivity index (χ2n) is 5.62. The maximum atomic E-state index is 12.3. The Morgan fingerprint density at radius 2 is 1.92 bits per heavy atom. The number of carbonyl (C=O) groups excluding carboxylic acids is 2. The quantitative estimate of drug-likeness (QED) is 0.702. The van der Waals surface area contributed by atoms with E-state index in [1.165, 1.54) is 0 Å². The summed E-state index contributed by atoms with van der Waals surface area (Å²) in [6.07, 6.45) is -0.247. The average Bonchev–Trinajstić information content (AvgIpc) is 2.63. The number of methoxy groups -OCH3 is 1. The summed E-state index contributed by atoms with van der Waals surface area (Å²) in [6.45, 7) is 3.78. The molecule has 1 atom stereocenters. The van der Waals surface area contributed by atoms with Gasteiger partial charge < -0.3 is 9.47 Å². The Morgan fingerprint density at radius 3 is 2.54 bits per heavy atom. The zero-order chi connectivity index (χ0) is 19.1. The lowest BCUT2D eigenvalue weighted by atomic mass is 10.2. The number of amides is 2. The van der Waals surface area contributed by atoms with Crippen molar-refractivity contribution in [3.8, 4) is 11.5 Å². The van der Waals surface area contributed by atoms with E-state index in [2.05, 4.69) is 26.8 Å². The molecule has 2 amide bonds. The van der Waals surface area contributed by atoms with Crippen molar-refractivity contribution in [2.45, 2.75) is 26.4 Å². The van der Waals surface area contributed by atoms with Gasteiger partial charge in [-0.3, -0.25) is 20.4 Å². The van der Waals surface area contributed by atoms with E-state index in [0.29, 0.717) is 28.0 Å². The summed E-state index contributed by atoms with van der Waals surface area (Å²) in [5, 5.41) is 0. The number of benzene rings is 2. The average molecular weight is 421 g/mol. The number of aryl methyl sites for hydroxylation is 1. The molecule has 2 aromatic rings. The number of nitrogens with one attached hydrogen (secondary N) is 2. The summed E-state index contributed by atoms with van der Waals surface area (Å²) < 4.78 is 11.5. The Kier molecular flexibility index (Phi) is 7.03. The lowest BCUT2D eigenvalue weighted by Gasteiger charge is -2.18. The predicted octanol–water partition coefficient (Wildman–Crippen LogP) is 3.38. The molecule has 0 spiro atoms. The van der Waals surface area contributed by atoms with Gasteiger partial charge in [-0.2, -0.15) is 0 Å². The molecule has 0 radical (unpaired) electrons. The molecule has 0 aromatic heterocycles. The third-order valence-corrected chi connectivity index (χ3v) is 4.26. The minimum atomic E-state index is -0.709. The van der Waals surface area contributed by atoms with Crippen LogP contribution in [0.25, 0.3) is 0 Å². The number of rotatable bonds is 6. The normalized spacial score (nSPS) is 11.4. The van der Waals surface area contributed by atoms with E-state index in [4.69, 9.17) is 9.47 Å². The molecule has 1 unspecified atom stereocenters. The third-order valence-electron chi connectivity index (χ3n) is 3.64. The van der Waals surface area contributed by atoms with E-state index in [0.717, 1.165) is 5.56 Å². The molecule has 2 aromatic carbocycles. The minimum Gasteiger partial charge on any atom is -0.496 e. The van der Waals surface area contributed by atoms with Crippen LogP contribution >= 0.6 is 15.9 Å². The van der Waals surface area contributed by atoms with Gasteiger partial charge in [-0.05, 0) is 65.2 Å². The zero-order valence-electron chi connectivity index (χ0n) is 14.8. The highest BCUT2D eigenvalue weighted by atomic mass is 79.9. The van der Waals surface area contributed by atoms with Crippen LogP contribution in [0.1, 0.15) is 29.3 Å². The van der Waals surface area contributed by atoms with Gasteiger partial charge in [0.25, 0.3) is 11.8 Å². The highest BCUT2D eigenvalue weighted by molar-refractivity contribution is 9.10. The number of hydrazine groups is 1. The Hall–Kier alpha value is -2.54. The van der Waals surface area contributed by atoms with Crippen molar-refractivity contribution in [1.82, 2.24) is 10.9 Å². The van der Waals surface area contributed by atoms with Crippen LogP contribution in [0.2, 0.25) is 0 Å². The fourth-order valence-corrected chi connectivity index (χ4v) is 2.79. The highest BCUT2D eigenvalue weighted by Crippen LogP contribution is 2.25. The lowest BCUT2D eigenvalue weighted by molar-refractivity contribution is -0.128. The van der Waals surface area contributed by atoms with Crippen molar-refractivity contribution in [2.24, 2.45) is 0 Å². The van der Waals surface area contributed by atoms with E-state index in [1.807, 2.05) is 32.0 Å². The van der Waals surface area contributed by atoms with E-state index in [1.54, 1.807) is 31.4 Å². The number of hydrogen-bond acceptors (Lipinski definition) is 4. The molecule has 7 heteroatoms. The first-order valence-corrected chi connectivity index (χ1v) is 8.91. The van der Waals surface area contributed by atoms with Gasteiger partial charge in [-0.25, -0.2) is 0 Å². The first-order valence-electron chi connectivity index (χ1n) is 8.11. The van der Waals surface area contributed by atoms with Crippen LogP contribution in [-0.4, -0.2) is 25.0 Å². The molecule has 0 heterocycles. The topological polar surface area (TPSA) is 76.7 Å². The monoisotopic (exact) mass is 420 g/mol. The van der Waals surface area contributed by atoms with Crippen LogP contribution in [0.5, 0.6) is 11.5 Å². The summed E-state index contributed by atoms with van der Waals surface area (Å²) in [5.74, 6) is 0.364. The number of carbonyl (C=O) groups is 2. The molecule has 0 aliphatic heterocycles. The Bertz CT molecular complexity index is 795. The summed E-state index contributed by atoms with van der Waals surface area (Å²) in [7, 11) is 1.54. The van der Waals surface area contributed by atoms with E-state index in [9.17, 15) is 9.59 Å². The van der Waals surface area contributed by atoms with Crippen LogP contribution in [0, 0.1) is 6.92 Å². The summed E-state index contributed by atoms with van der Waals surface area (Å²) in [4.78, 5) is 24.5. The molecule has 6 nitrogen and oxygen atoms in total. The van der Waals surface area contributed by atoms with Crippen molar-refractivity contribution in [1.29, 1.82) is 0 Å². The van der Waals surface area contributed by atoms with Gasteiger partial charge in [0.2, 0.25) is 0 Å². The van der Waals surface area contributed by atoms with Gasteiger partial charge in [0.05, 0.1) is 11.6 Å². The van der Waals surface area contributed by atoms with E-state index >= 15 is 0 Å². The fraction of sp³-hybridized carbons (Fsp3) is 0.263. The smallest absolute Gasteiger partial charge is 0.279 e. The number of ether oxygens (including phenoxy) is 2. The summed E-state index contributed by atoms with van der Waals surface area (Å²) >= 11 is 3.32. The molecule has 0 aliphatic carbocycles. The second kappa shape index (κ2) is 9.24. The standard InChI is InChI=1S/C19H21BrN2O4/c1-4-16(26-14-7-5-6-12(2)10-14)19(24)22-21-18(23)13-8-9-17(25-3)15(20)11-13/h5-11,16H,4H2,1-3H3,(H,21,23)(H,22,24). The van der Waals surface area contributed by atoms with Gasteiger partial charge in [0.1, 0.15) is 11.5 Å². The molecular formula is C19H21BrN2O4. The molecule has 138 valence electrons. The molecule has 0 aliphatic rings. The van der Waals surface area contributed by atoms with Gasteiger partial charge in [-0.1, -0.05) is 19.1 Å². The van der Waals surface area contributed by atoms with Crippen molar-refractivity contribution < 1.29 is 19.1 Å². The Balaban J connectivity index is 1.95. The van der Waals surface area contributed by atoms with Gasteiger partial charge in [0.15, 0.2) is 6.10 Å². The highest BCUT2D eigenvalue weighted by Gasteiger charge is 2.19. The number of halogens is 1. The van der Waals surface area contributed by atoms with E-state index < -0.39 is 17.9 Å². The Labute approximate surface area is 161 Å². The van der Waals surface area contributed by atoms with Crippen molar-refractivity contribution >= 4 is 27.7 Å². The molecule has 0 fully saturated rings. The number of hydrogen-bond donors (Lipinski definition) is 2. The SMILES string of the molecule is CCC(Oc1cccc(C)c1)C(=O)NNC(=O)c1ccc(OC)c(Br)c1. The van der Waals surface area contributed by atoms with Crippen LogP contribution in [0.15, 0.2) is 46.9 Å². The van der Waals surface area contributed by atoms with Crippen molar-refractivity contribution in [3.63, 3.8) is 0 Å². The predicted molar refractivity (Wildman–Crippen MR) is 102 cm³/mol. The summed E-state index contributed by atoms with van der Waals surface area (Å²) in [5.41, 5.74) is 6.22. The zero-order valence-corrected chi connectivity index (χ0v) is 16.4. The molecule has 0 bridgehead atoms. The third kappa shape index (κ3) is 5.23. The van der Waals surface area contributed by atoms with Gasteiger partial charge in [-0.15, -0.1) is 0 Å². The largest absolute Gasteiger partial charge is 0.496 e. The van der Waals surface area contributed by atoms with Crippen LogP contribution < -0.4 is 20.3 Å². The molecule has 26 heavy (non-hydrogen) atoms. The lowest BCUT2D eigenvalue weighted by Crippen LogP contribution is -2.47. The first-order chi connectivity index (χ1) is 12.4. The minimum absolute atomic E-state index is 0.380. The molecule has 0 saturated carbocycles. The first kappa shape index (κ1) is 19.8. The molecule has 2 rings (SSSR count). The summed E-state index contributed by atoms with van der Waals surface area (Å²) in [6, 6.07) is 12.3. The van der Waals surface area contributed by atoms with Crippen LogP contribution in [0.3, 0.4) is 0 Å². The van der Waals surface area contributed by atoms with Crippen molar-refractivity contribution in [2.75, 3.05) is 7.11 Å². The van der Waals surface area contributed by atoms with Gasteiger partial charge in [0, 0.05) is 5.56 Å².